The Balaban J connectivity index is 1.45. The fourth-order valence-corrected chi connectivity index (χ4v) is 5.30. The number of aromatic amines is 1. The predicted octanol–water partition coefficient (Wildman–Crippen LogP) is 3.91. The van der Waals surface area contributed by atoms with E-state index in [0.717, 1.165) is 31.3 Å². The maximum absolute atomic E-state index is 14.3. The van der Waals surface area contributed by atoms with Gasteiger partial charge in [-0.3, -0.25) is 14.5 Å². The number of fused-ring (bicyclic) bond motifs is 1. The van der Waals surface area contributed by atoms with Crippen LogP contribution in [0.5, 0.6) is 0 Å². The average molecular weight is 507 g/mol. The Morgan fingerprint density at radius 2 is 1.83 bits per heavy atom. The number of aryl methyl sites for hydroxylation is 1. The van der Waals surface area contributed by atoms with Crippen LogP contribution in [0.4, 0.5) is 23.2 Å². The number of morpholine rings is 1. The van der Waals surface area contributed by atoms with Crippen molar-refractivity contribution >= 4 is 29.2 Å². The lowest BCUT2D eigenvalue weighted by Gasteiger charge is -2.40. The highest BCUT2D eigenvalue weighted by atomic mass is 19.4. The van der Waals surface area contributed by atoms with Crippen LogP contribution in [0, 0.1) is 12.7 Å². The van der Waals surface area contributed by atoms with Gasteiger partial charge in [-0.05, 0) is 44.0 Å². The number of ether oxygens (including phenoxy) is 1. The van der Waals surface area contributed by atoms with Gasteiger partial charge in [-0.1, -0.05) is 0 Å². The minimum Gasteiger partial charge on any atom is -0.379 e. The van der Waals surface area contributed by atoms with E-state index in [0.29, 0.717) is 44.8 Å². The quantitative estimate of drug-likeness (QED) is 0.489. The summed E-state index contributed by atoms with van der Waals surface area (Å²) >= 11 is 0. The van der Waals surface area contributed by atoms with E-state index >= 15 is 0 Å². The maximum Gasteiger partial charge on any atom is 0.419 e. The molecule has 2 aromatic rings. The number of H-pyrrole nitrogens is 1. The summed E-state index contributed by atoms with van der Waals surface area (Å²) in [6.45, 7) is 5.06. The Bertz CT molecular complexity index is 1220. The van der Waals surface area contributed by atoms with E-state index in [4.69, 9.17) is 4.74 Å². The number of carbonyl (C=O) groups excluding carboxylic acids is 2. The molecule has 192 valence electrons. The molecule has 0 saturated carbocycles. The van der Waals surface area contributed by atoms with E-state index in [1.165, 1.54) is 17.9 Å². The molecular weight excluding hydrogens is 480 g/mol. The van der Waals surface area contributed by atoms with Crippen molar-refractivity contribution in [2.45, 2.75) is 32.0 Å². The Morgan fingerprint density at radius 3 is 2.50 bits per heavy atom. The summed E-state index contributed by atoms with van der Waals surface area (Å²) in [7, 11) is 0. The number of amides is 2. The Hall–Kier alpha value is -3.18. The van der Waals surface area contributed by atoms with Crippen LogP contribution in [0.15, 0.2) is 18.2 Å². The van der Waals surface area contributed by atoms with Crippen molar-refractivity contribution < 1.29 is 31.9 Å². The van der Waals surface area contributed by atoms with Crippen molar-refractivity contribution in [1.82, 2.24) is 14.8 Å². The average Bonchev–Trinajstić information content (AvgIpc) is 3.35. The molecule has 0 radical (unpaired) electrons. The van der Waals surface area contributed by atoms with Crippen molar-refractivity contribution in [3.05, 3.63) is 52.1 Å². The molecule has 0 spiro atoms. The zero-order chi connectivity index (χ0) is 25.6. The summed E-state index contributed by atoms with van der Waals surface area (Å²) in [4.78, 5) is 32.2. The van der Waals surface area contributed by atoms with Gasteiger partial charge in [-0.2, -0.15) is 13.2 Å². The van der Waals surface area contributed by atoms with Gasteiger partial charge in [-0.25, -0.2) is 4.39 Å². The monoisotopic (exact) mass is 506 g/mol. The number of hydrogen-bond acceptors (Lipinski definition) is 4. The molecule has 2 amide bonds. The summed E-state index contributed by atoms with van der Waals surface area (Å²) in [6.07, 6.45) is -2.46. The van der Waals surface area contributed by atoms with Crippen molar-refractivity contribution in [1.29, 1.82) is 0 Å². The van der Waals surface area contributed by atoms with Crippen LogP contribution in [0.25, 0.3) is 11.6 Å². The van der Waals surface area contributed by atoms with Crippen LogP contribution in [0.2, 0.25) is 0 Å². The fourth-order valence-electron chi connectivity index (χ4n) is 5.30. The molecule has 2 fully saturated rings. The van der Waals surface area contributed by atoms with Crippen molar-refractivity contribution in [3.63, 3.8) is 0 Å². The molecule has 3 aliphatic rings. The summed E-state index contributed by atoms with van der Waals surface area (Å²) in [5.74, 6) is -1.95. The van der Waals surface area contributed by atoms with Crippen LogP contribution in [-0.4, -0.2) is 72.0 Å². The normalized spacial score (nSPS) is 20.6. The lowest BCUT2D eigenvalue weighted by molar-refractivity contribution is -0.138. The smallest absolute Gasteiger partial charge is 0.379 e. The summed E-state index contributed by atoms with van der Waals surface area (Å²) < 4.78 is 62.0. The van der Waals surface area contributed by atoms with Gasteiger partial charge in [0.05, 0.1) is 35.6 Å². The Kier molecular flexibility index (Phi) is 6.37. The van der Waals surface area contributed by atoms with Gasteiger partial charge in [0.25, 0.3) is 11.8 Å². The number of rotatable bonds is 3. The molecule has 4 heterocycles. The first-order valence-electron chi connectivity index (χ1n) is 11.9. The van der Waals surface area contributed by atoms with Gasteiger partial charge < -0.3 is 19.9 Å². The van der Waals surface area contributed by atoms with Crippen LogP contribution in [0.1, 0.15) is 45.7 Å². The standard InChI is InChI=1S/C25H26F4N4O3/c1-14-21(24(35)33-6-4-16(5-7-33)32-8-10-36-11-9-32)22(25(27,28)29)20(30-14)13-18-17-12-15(26)2-3-19(17)31-23(18)34/h2-3,12-13,16,30H,4-11H2,1H3,(H,31,34)/b18-13-. The number of piperidine rings is 1. The van der Waals surface area contributed by atoms with Crippen LogP contribution < -0.4 is 5.32 Å². The predicted molar refractivity (Wildman–Crippen MR) is 125 cm³/mol. The van der Waals surface area contributed by atoms with Gasteiger partial charge in [0.15, 0.2) is 0 Å². The SMILES string of the molecule is Cc1[nH]c(/C=C2\C(=O)Nc3ccc(F)cc32)c(C(F)(F)F)c1C(=O)N1CCC(N2CCOCC2)CC1. The number of carbonyl (C=O) groups is 2. The first kappa shape index (κ1) is 24.5. The third-order valence-electron chi connectivity index (χ3n) is 7.08. The Labute approximate surface area is 205 Å². The first-order chi connectivity index (χ1) is 17.1. The molecule has 0 atom stereocenters. The third kappa shape index (κ3) is 4.53. The molecule has 5 rings (SSSR count). The minimum atomic E-state index is -4.85. The van der Waals surface area contributed by atoms with E-state index < -0.39 is 40.6 Å². The lowest BCUT2D eigenvalue weighted by atomic mass is 9.99. The number of anilines is 1. The summed E-state index contributed by atoms with van der Waals surface area (Å²) in [6, 6.07) is 3.87. The van der Waals surface area contributed by atoms with Crippen molar-refractivity contribution in [3.8, 4) is 0 Å². The van der Waals surface area contributed by atoms with Gasteiger partial charge in [0.1, 0.15) is 5.82 Å². The van der Waals surface area contributed by atoms with E-state index in [1.807, 2.05) is 0 Å². The zero-order valence-electron chi connectivity index (χ0n) is 19.7. The van der Waals surface area contributed by atoms with E-state index in [1.54, 1.807) is 0 Å². The minimum absolute atomic E-state index is 0.0624. The number of alkyl halides is 3. The lowest BCUT2D eigenvalue weighted by Crippen LogP contribution is -2.50. The first-order valence-corrected chi connectivity index (χ1v) is 11.9. The molecular formula is C25H26F4N4O3. The molecule has 3 aliphatic heterocycles. The molecule has 0 bridgehead atoms. The molecule has 36 heavy (non-hydrogen) atoms. The van der Waals surface area contributed by atoms with Crippen LogP contribution in [0.3, 0.4) is 0 Å². The summed E-state index contributed by atoms with van der Waals surface area (Å²) in [5, 5.41) is 2.52. The van der Waals surface area contributed by atoms with Crippen LogP contribution >= 0.6 is 0 Å². The molecule has 7 nitrogen and oxygen atoms in total. The van der Waals surface area contributed by atoms with Crippen LogP contribution in [-0.2, 0) is 15.7 Å². The second-order valence-electron chi connectivity index (χ2n) is 9.29. The highest BCUT2D eigenvalue weighted by Gasteiger charge is 2.42. The number of aromatic nitrogens is 1. The van der Waals surface area contributed by atoms with Gasteiger partial charge >= 0.3 is 6.18 Å². The van der Waals surface area contributed by atoms with Crippen molar-refractivity contribution in [2.24, 2.45) is 0 Å². The molecule has 2 N–H and O–H groups in total. The second-order valence-corrected chi connectivity index (χ2v) is 9.29. The number of halogens is 4. The van der Waals surface area contributed by atoms with Crippen molar-refractivity contribution in [2.75, 3.05) is 44.7 Å². The summed E-state index contributed by atoms with van der Waals surface area (Å²) in [5.41, 5.74) is -1.55. The number of nitrogens with one attached hydrogen (secondary N) is 2. The van der Waals surface area contributed by atoms with Gasteiger partial charge in [0, 0.05) is 49.2 Å². The molecule has 2 saturated heterocycles. The van der Waals surface area contributed by atoms with E-state index in [9.17, 15) is 27.2 Å². The van der Waals surface area contributed by atoms with Gasteiger partial charge in [-0.15, -0.1) is 0 Å². The second kappa shape index (κ2) is 9.36. The largest absolute Gasteiger partial charge is 0.419 e. The Morgan fingerprint density at radius 1 is 1.14 bits per heavy atom. The zero-order valence-corrected chi connectivity index (χ0v) is 19.7. The topological polar surface area (TPSA) is 77.7 Å². The maximum atomic E-state index is 14.3. The molecule has 1 aromatic heterocycles. The highest BCUT2D eigenvalue weighted by Crippen LogP contribution is 2.40. The third-order valence-corrected chi connectivity index (χ3v) is 7.08. The van der Waals surface area contributed by atoms with E-state index in [2.05, 4.69) is 15.2 Å². The number of nitrogens with zero attached hydrogens (tertiary/aromatic N) is 2. The molecule has 1 aromatic carbocycles. The molecule has 11 heteroatoms. The van der Waals surface area contributed by atoms with E-state index in [-0.39, 0.29) is 22.9 Å². The number of likely N-dealkylation sites (tertiary alicyclic amines) is 1. The highest BCUT2D eigenvalue weighted by molar-refractivity contribution is 6.35. The number of benzene rings is 1. The van der Waals surface area contributed by atoms with Gasteiger partial charge in [0.2, 0.25) is 0 Å². The molecule has 0 aliphatic carbocycles. The fraction of sp³-hybridized carbons (Fsp3) is 0.440. The molecule has 0 unspecified atom stereocenters. The number of hydrogen-bond donors (Lipinski definition) is 2.